The second kappa shape index (κ2) is 8.24. The minimum atomic E-state index is 0.622. The first-order valence-corrected chi connectivity index (χ1v) is 4.26. The lowest BCUT2D eigenvalue weighted by atomic mass is 10.2. The molecule has 0 aliphatic rings. The summed E-state index contributed by atoms with van der Waals surface area (Å²) in [5.74, 6) is 0. The van der Waals surface area contributed by atoms with Gasteiger partial charge in [0.15, 0.2) is 0 Å². The Morgan fingerprint density at radius 3 is 2.25 bits per heavy atom. The molecular weight excluding hydrogens is 150 g/mol. The first kappa shape index (κ1) is 11.1. The van der Waals surface area contributed by atoms with Crippen LogP contribution >= 0.6 is 0 Å². The van der Waals surface area contributed by atoms with Gasteiger partial charge in [-0.1, -0.05) is 44.2 Å². The Kier molecular flexibility index (Phi) is 7.65. The lowest BCUT2D eigenvalue weighted by Crippen LogP contribution is -2.06. The summed E-state index contributed by atoms with van der Waals surface area (Å²) in [5.41, 5.74) is 3.79. The molecule has 0 heterocycles. The highest BCUT2D eigenvalue weighted by Crippen LogP contribution is 1.98. The molecule has 2 heteroatoms. The molecule has 0 aliphatic carbocycles. The first-order chi connectivity index (χ1) is 5.93. The SMILES string of the molecule is CC.CNOCc1ccccc1. The van der Waals surface area contributed by atoms with Crippen molar-refractivity contribution in [1.29, 1.82) is 0 Å². The van der Waals surface area contributed by atoms with Crippen LogP contribution in [0.2, 0.25) is 0 Å². The van der Waals surface area contributed by atoms with Gasteiger partial charge in [-0.05, 0) is 5.56 Å². The molecule has 0 saturated heterocycles. The predicted octanol–water partition coefficient (Wildman–Crippen LogP) is 2.36. The molecule has 0 spiro atoms. The van der Waals surface area contributed by atoms with Crippen LogP contribution in [0.1, 0.15) is 19.4 Å². The van der Waals surface area contributed by atoms with Crippen molar-refractivity contribution in [1.82, 2.24) is 5.48 Å². The van der Waals surface area contributed by atoms with Crippen molar-refractivity contribution in [2.75, 3.05) is 7.05 Å². The summed E-state index contributed by atoms with van der Waals surface area (Å²) in [6, 6.07) is 10.0. The van der Waals surface area contributed by atoms with E-state index in [0.717, 1.165) is 0 Å². The van der Waals surface area contributed by atoms with Gasteiger partial charge in [-0.15, -0.1) is 0 Å². The second-order valence-electron chi connectivity index (χ2n) is 1.98. The van der Waals surface area contributed by atoms with Gasteiger partial charge < -0.3 is 0 Å². The maximum Gasteiger partial charge on any atom is 0.0932 e. The van der Waals surface area contributed by atoms with Gasteiger partial charge in [0.1, 0.15) is 0 Å². The number of nitrogens with one attached hydrogen (secondary N) is 1. The first-order valence-electron chi connectivity index (χ1n) is 4.26. The van der Waals surface area contributed by atoms with Crippen LogP contribution in [0.5, 0.6) is 0 Å². The number of hydrogen-bond acceptors (Lipinski definition) is 2. The van der Waals surface area contributed by atoms with Crippen molar-refractivity contribution in [2.45, 2.75) is 20.5 Å². The topological polar surface area (TPSA) is 21.3 Å². The highest BCUT2D eigenvalue weighted by atomic mass is 16.6. The van der Waals surface area contributed by atoms with Crippen molar-refractivity contribution in [3.05, 3.63) is 35.9 Å². The van der Waals surface area contributed by atoms with E-state index in [1.54, 1.807) is 7.05 Å². The minimum absolute atomic E-state index is 0.622. The average Bonchev–Trinajstić information content (AvgIpc) is 2.19. The summed E-state index contributed by atoms with van der Waals surface area (Å²) >= 11 is 0. The summed E-state index contributed by atoms with van der Waals surface area (Å²) in [4.78, 5) is 4.97. The molecule has 0 aliphatic heterocycles. The zero-order chi connectivity index (χ0) is 9.23. The third-order valence-corrected chi connectivity index (χ3v) is 1.23. The maximum absolute atomic E-state index is 4.97. The molecule has 1 N–H and O–H groups in total. The highest BCUT2D eigenvalue weighted by molar-refractivity contribution is 5.13. The Labute approximate surface area is 74.5 Å². The summed E-state index contributed by atoms with van der Waals surface area (Å²) in [6.07, 6.45) is 0. The second-order valence-corrected chi connectivity index (χ2v) is 1.98. The standard InChI is InChI=1S/C8H11NO.C2H6/c1-9-10-7-8-5-3-2-4-6-8;1-2/h2-6,9H,7H2,1H3;1-2H3. The van der Waals surface area contributed by atoms with E-state index in [9.17, 15) is 0 Å². The van der Waals surface area contributed by atoms with Crippen LogP contribution in [0, 0.1) is 0 Å². The monoisotopic (exact) mass is 167 g/mol. The van der Waals surface area contributed by atoms with Gasteiger partial charge in [-0.25, -0.2) is 5.48 Å². The van der Waals surface area contributed by atoms with E-state index in [-0.39, 0.29) is 0 Å². The Hall–Kier alpha value is -0.860. The van der Waals surface area contributed by atoms with E-state index in [1.165, 1.54) is 5.56 Å². The molecule has 0 unspecified atom stereocenters. The Morgan fingerprint density at radius 2 is 1.75 bits per heavy atom. The minimum Gasteiger partial charge on any atom is -0.297 e. The average molecular weight is 167 g/mol. The zero-order valence-corrected chi connectivity index (χ0v) is 8.00. The van der Waals surface area contributed by atoms with Crippen LogP contribution in [0.25, 0.3) is 0 Å². The van der Waals surface area contributed by atoms with Gasteiger partial charge in [0.2, 0.25) is 0 Å². The zero-order valence-electron chi connectivity index (χ0n) is 8.00. The quantitative estimate of drug-likeness (QED) is 0.698. The van der Waals surface area contributed by atoms with E-state index in [4.69, 9.17) is 4.84 Å². The van der Waals surface area contributed by atoms with E-state index >= 15 is 0 Å². The number of hydroxylamine groups is 1. The Morgan fingerprint density at radius 1 is 1.17 bits per heavy atom. The van der Waals surface area contributed by atoms with Crippen LogP contribution in [0.3, 0.4) is 0 Å². The van der Waals surface area contributed by atoms with Crippen LogP contribution in [0.15, 0.2) is 30.3 Å². The maximum atomic E-state index is 4.97. The number of rotatable bonds is 3. The van der Waals surface area contributed by atoms with Gasteiger partial charge in [-0.2, -0.15) is 0 Å². The molecule has 0 amide bonds. The van der Waals surface area contributed by atoms with Gasteiger partial charge in [0, 0.05) is 7.05 Å². The smallest absolute Gasteiger partial charge is 0.0932 e. The van der Waals surface area contributed by atoms with Gasteiger partial charge in [0.25, 0.3) is 0 Å². The van der Waals surface area contributed by atoms with Crippen molar-refractivity contribution >= 4 is 0 Å². The molecule has 68 valence electrons. The van der Waals surface area contributed by atoms with Crippen LogP contribution in [-0.2, 0) is 11.4 Å². The molecule has 1 aromatic carbocycles. The van der Waals surface area contributed by atoms with Crippen LogP contribution in [-0.4, -0.2) is 7.05 Å². The van der Waals surface area contributed by atoms with Crippen LogP contribution < -0.4 is 5.48 Å². The van der Waals surface area contributed by atoms with Crippen molar-refractivity contribution in [3.8, 4) is 0 Å². The van der Waals surface area contributed by atoms with Gasteiger partial charge in [-0.3, -0.25) is 4.84 Å². The van der Waals surface area contributed by atoms with Gasteiger partial charge >= 0.3 is 0 Å². The van der Waals surface area contributed by atoms with Gasteiger partial charge in [0.05, 0.1) is 6.61 Å². The normalized spacial score (nSPS) is 8.58. The largest absolute Gasteiger partial charge is 0.297 e. The lowest BCUT2D eigenvalue weighted by molar-refractivity contribution is 0.0444. The van der Waals surface area contributed by atoms with E-state index in [0.29, 0.717) is 6.61 Å². The highest BCUT2D eigenvalue weighted by Gasteiger charge is 1.86. The molecule has 1 aromatic rings. The molecule has 0 fully saturated rings. The fourth-order valence-electron chi connectivity index (χ4n) is 0.730. The van der Waals surface area contributed by atoms with Crippen LogP contribution in [0.4, 0.5) is 0 Å². The Bertz CT molecular complexity index is 174. The third kappa shape index (κ3) is 4.88. The molecule has 2 nitrogen and oxygen atoms in total. The molecule has 0 bridgehead atoms. The molecule has 0 aromatic heterocycles. The third-order valence-electron chi connectivity index (χ3n) is 1.23. The number of hydrogen-bond donors (Lipinski definition) is 1. The fraction of sp³-hybridized carbons (Fsp3) is 0.400. The van der Waals surface area contributed by atoms with Crippen molar-refractivity contribution in [3.63, 3.8) is 0 Å². The lowest BCUT2D eigenvalue weighted by Gasteiger charge is -1.99. The molecule has 0 atom stereocenters. The van der Waals surface area contributed by atoms with Crippen molar-refractivity contribution < 1.29 is 4.84 Å². The summed E-state index contributed by atoms with van der Waals surface area (Å²) in [5, 5.41) is 0. The Balaban J connectivity index is 0.000000561. The molecule has 0 saturated carbocycles. The predicted molar refractivity (Wildman–Crippen MR) is 51.6 cm³/mol. The summed E-state index contributed by atoms with van der Waals surface area (Å²) in [7, 11) is 1.75. The fourth-order valence-corrected chi connectivity index (χ4v) is 0.730. The molecule has 1 rings (SSSR count). The van der Waals surface area contributed by atoms with Crippen molar-refractivity contribution in [2.24, 2.45) is 0 Å². The molecule has 12 heavy (non-hydrogen) atoms. The molecule has 0 radical (unpaired) electrons. The van der Waals surface area contributed by atoms with E-state index in [1.807, 2.05) is 44.2 Å². The van der Waals surface area contributed by atoms with E-state index in [2.05, 4.69) is 5.48 Å². The summed E-state index contributed by atoms with van der Waals surface area (Å²) < 4.78 is 0. The van der Waals surface area contributed by atoms with E-state index < -0.39 is 0 Å². The summed E-state index contributed by atoms with van der Waals surface area (Å²) in [6.45, 7) is 4.62. The molecular formula is C10H17NO. The number of benzene rings is 1.